The van der Waals surface area contributed by atoms with Crippen molar-refractivity contribution in [3.05, 3.63) is 167 Å². The first-order valence-electron chi connectivity index (χ1n) is 12.9. The standard InChI is InChI=1S/C36H29NO2/c1-27-12-19-32(20-13-27)37(33-21-14-28(15-22-33)18-25-36(38)39)34-23-16-29(17-24-34)26-35(30-8-4-2-5-9-30)31-10-6-3-7-11-31/h2-26H,1H3,(H,38,39). The molecule has 0 fully saturated rings. The number of carboxylic acids is 1. The summed E-state index contributed by atoms with van der Waals surface area (Å²) in [7, 11) is 0. The molecule has 5 rings (SSSR count). The fourth-order valence-corrected chi connectivity index (χ4v) is 4.50. The average Bonchev–Trinajstić information content (AvgIpc) is 2.98. The van der Waals surface area contributed by atoms with Crippen LogP contribution in [0.5, 0.6) is 0 Å². The van der Waals surface area contributed by atoms with E-state index in [4.69, 9.17) is 5.11 Å². The van der Waals surface area contributed by atoms with Crippen molar-refractivity contribution in [1.29, 1.82) is 0 Å². The highest BCUT2D eigenvalue weighted by atomic mass is 16.4. The smallest absolute Gasteiger partial charge is 0.328 e. The Hall–Kier alpha value is -5.15. The highest BCUT2D eigenvalue weighted by Crippen LogP contribution is 2.35. The van der Waals surface area contributed by atoms with Crippen LogP contribution in [0.25, 0.3) is 17.7 Å². The molecule has 0 aromatic heterocycles. The zero-order valence-electron chi connectivity index (χ0n) is 21.7. The van der Waals surface area contributed by atoms with Crippen molar-refractivity contribution in [3.8, 4) is 0 Å². The normalized spacial score (nSPS) is 10.8. The Kier molecular flexibility index (Phi) is 7.80. The van der Waals surface area contributed by atoms with Crippen molar-refractivity contribution in [1.82, 2.24) is 0 Å². The summed E-state index contributed by atoms with van der Waals surface area (Å²) < 4.78 is 0. The van der Waals surface area contributed by atoms with E-state index in [0.29, 0.717) is 0 Å². The summed E-state index contributed by atoms with van der Waals surface area (Å²) in [6.07, 6.45) is 4.98. The van der Waals surface area contributed by atoms with Crippen molar-refractivity contribution in [3.63, 3.8) is 0 Å². The van der Waals surface area contributed by atoms with Crippen LogP contribution in [0.4, 0.5) is 17.1 Å². The van der Waals surface area contributed by atoms with Gasteiger partial charge in [-0.2, -0.15) is 0 Å². The van der Waals surface area contributed by atoms with Gasteiger partial charge in [0.2, 0.25) is 0 Å². The molecule has 0 heterocycles. The van der Waals surface area contributed by atoms with Gasteiger partial charge in [0, 0.05) is 23.1 Å². The number of rotatable bonds is 8. The Balaban J connectivity index is 1.52. The van der Waals surface area contributed by atoms with Crippen molar-refractivity contribution < 1.29 is 9.90 Å². The third-order valence-corrected chi connectivity index (χ3v) is 6.49. The first-order chi connectivity index (χ1) is 19.1. The number of benzene rings is 5. The van der Waals surface area contributed by atoms with Gasteiger partial charge in [0.1, 0.15) is 0 Å². The molecule has 3 heteroatoms. The van der Waals surface area contributed by atoms with E-state index >= 15 is 0 Å². The van der Waals surface area contributed by atoms with Crippen molar-refractivity contribution >= 4 is 40.8 Å². The first-order valence-corrected chi connectivity index (χ1v) is 12.9. The molecule has 5 aromatic carbocycles. The molecule has 0 bridgehead atoms. The molecule has 5 aromatic rings. The molecule has 3 nitrogen and oxygen atoms in total. The van der Waals surface area contributed by atoms with Gasteiger partial charge in [-0.3, -0.25) is 0 Å². The minimum atomic E-state index is -0.961. The molecule has 0 saturated heterocycles. The van der Waals surface area contributed by atoms with E-state index in [1.807, 2.05) is 36.4 Å². The molecule has 0 saturated carbocycles. The zero-order valence-corrected chi connectivity index (χ0v) is 21.7. The van der Waals surface area contributed by atoms with Crippen molar-refractivity contribution in [2.24, 2.45) is 0 Å². The van der Waals surface area contributed by atoms with Crippen LogP contribution in [-0.4, -0.2) is 11.1 Å². The molecule has 0 unspecified atom stereocenters. The quantitative estimate of drug-likeness (QED) is 0.168. The van der Waals surface area contributed by atoms with Crippen LogP contribution >= 0.6 is 0 Å². The monoisotopic (exact) mass is 507 g/mol. The second-order valence-corrected chi connectivity index (χ2v) is 9.32. The number of hydrogen-bond acceptors (Lipinski definition) is 2. The number of carboxylic acid groups (broad SMARTS) is 1. The lowest BCUT2D eigenvalue weighted by Gasteiger charge is -2.26. The van der Waals surface area contributed by atoms with Crippen molar-refractivity contribution in [2.45, 2.75) is 6.92 Å². The minimum absolute atomic E-state index is 0.833. The van der Waals surface area contributed by atoms with Crippen molar-refractivity contribution in [2.75, 3.05) is 4.90 Å². The van der Waals surface area contributed by atoms with E-state index in [1.165, 1.54) is 22.3 Å². The molecular formula is C36H29NO2. The Morgan fingerprint density at radius 1 is 0.590 bits per heavy atom. The molecule has 0 aliphatic rings. The lowest BCUT2D eigenvalue weighted by Crippen LogP contribution is -2.09. The summed E-state index contributed by atoms with van der Waals surface area (Å²) in [6, 6.07) is 45.8. The van der Waals surface area contributed by atoms with Crippen LogP contribution in [0, 0.1) is 6.92 Å². The molecule has 0 aliphatic carbocycles. The van der Waals surface area contributed by atoms with E-state index in [0.717, 1.165) is 34.3 Å². The van der Waals surface area contributed by atoms with Crippen LogP contribution in [0.1, 0.15) is 27.8 Å². The number of hydrogen-bond donors (Lipinski definition) is 1. The average molecular weight is 508 g/mol. The van der Waals surface area contributed by atoms with Gasteiger partial charge in [-0.15, -0.1) is 0 Å². The number of nitrogens with zero attached hydrogens (tertiary/aromatic N) is 1. The first kappa shape index (κ1) is 25.5. The third-order valence-electron chi connectivity index (χ3n) is 6.49. The molecule has 1 N–H and O–H groups in total. The largest absolute Gasteiger partial charge is 0.478 e. The van der Waals surface area contributed by atoms with E-state index < -0.39 is 5.97 Å². The van der Waals surface area contributed by atoms with E-state index in [-0.39, 0.29) is 0 Å². The number of aryl methyl sites for hydroxylation is 1. The highest BCUT2D eigenvalue weighted by molar-refractivity contribution is 5.92. The lowest BCUT2D eigenvalue weighted by atomic mass is 9.95. The summed E-state index contributed by atoms with van der Waals surface area (Å²) in [5, 5.41) is 8.94. The second-order valence-electron chi connectivity index (χ2n) is 9.32. The Bertz CT molecular complexity index is 1540. The second kappa shape index (κ2) is 11.9. The molecule has 0 amide bonds. The Morgan fingerprint density at radius 3 is 1.49 bits per heavy atom. The molecule has 0 spiro atoms. The molecule has 0 radical (unpaired) electrons. The van der Waals surface area contributed by atoms with Crippen LogP contribution in [0.2, 0.25) is 0 Å². The minimum Gasteiger partial charge on any atom is -0.478 e. The molecular weight excluding hydrogens is 478 g/mol. The summed E-state index contributed by atoms with van der Waals surface area (Å²) in [6.45, 7) is 2.08. The third kappa shape index (κ3) is 6.41. The maximum absolute atomic E-state index is 10.9. The van der Waals surface area contributed by atoms with Gasteiger partial charge in [0.05, 0.1) is 0 Å². The van der Waals surface area contributed by atoms with Gasteiger partial charge in [0.15, 0.2) is 0 Å². The van der Waals surface area contributed by atoms with E-state index in [9.17, 15) is 4.79 Å². The predicted molar refractivity (Wildman–Crippen MR) is 162 cm³/mol. The Labute approximate surface area is 229 Å². The summed E-state index contributed by atoms with van der Waals surface area (Å²) >= 11 is 0. The van der Waals surface area contributed by atoms with Crippen LogP contribution in [0.3, 0.4) is 0 Å². The van der Waals surface area contributed by atoms with Crippen LogP contribution in [0.15, 0.2) is 140 Å². The molecule has 39 heavy (non-hydrogen) atoms. The maximum Gasteiger partial charge on any atom is 0.328 e. The predicted octanol–water partition coefficient (Wildman–Crippen LogP) is 9.15. The van der Waals surface area contributed by atoms with Crippen LogP contribution < -0.4 is 4.90 Å². The Morgan fingerprint density at radius 2 is 1.03 bits per heavy atom. The van der Waals surface area contributed by atoms with Gasteiger partial charge in [-0.25, -0.2) is 4.79 Å². The van der Waals surface area contributed by atoms with Crippen LogP contribution in [-0.2, 0) is 4.79 Å². The van der Waals surface area contributed by atoms with Gasteiger partial charge in [-0.05, 0) is 83.3 Å². The van der Waals surface area contributed by atoms with Gasteiger partial charge in [-0.1, -0.05) is 103 Å². The van der Waals surface area contributed by atoms with Gasteiger partial charge >= 0.3 is 5.97 Å². The van der Waals surface area contributed by atoms with Gasteiger partial charge in [0.25, 0.3) is 0 Å². The van der Waals surface area contributed by atoms with E-state index in [1.54, 1.807) is 6.08 Å². The fraction of sp³-hybridized carbons (Fsp3) is 0.0278. The SMILES string of the molecule is Cc1ccc(N(c2ccc(C=CC(=O)O)cc2)c2ccc(C=C(c3ccccc3)c3ccccc3)cc2)cc1. The summed E-state index contributed by atoms with van der Waals surface area (Å²) in [5.74, 6) is -0.961. The summed E-state index contributed by atoms with van der Waals surface area (Å²) in [4.78, 5) is 13.1. The topological polar surface area (TPSA) is 40.5 Å². The molecule has 0 atom stereocenters. The number of carbonyl (C=O) groups is 1. The van der Waals surface area contributed by atoms with Gasteiger partial charge < -0.3 is 10.0 Å². The fourth-order valence-electron chi connectivity index (χ4n) is 4.50. The lowest BCUT2D eigenvalue weighted by molar-refractivity contribution is -0.131. The zero-order chi connectivity index (χ0) is 27.0. The summed E-state index contributed by atoms with van der Waals surface area (Å²) in [5.41, 5.74) is 9.73. The highest BCUT2D eigenvalue weighted by Gasteiger charge is 2.13. The van der Waals surface area contributed by atoms with E-state index in [2.05, 4.69) is 115 Å². The molecule has 190 valence electrons. The maximum atomic E-state index is 10.9. The number of anilines is 3. The molecule has 0 aliphatic heterocycles. The number of aliphatic carboxylic acids is 1.